The molecule has 0 atom stereocenters. The molecule has 0 fully saturated rings. The summed E-state index contributed by atoms with van der Waals surface area (Å²) in [5, 5.41) is 5.52. The van der Waals surface area contributed by atoms with Gasteiger partial charge in [-0.15, -0.1) is 13.2 Å². The Hall–Kier alpha value is -2.40. The van der Waals surface area contributed by atoms with Crippen molar-refractivity contribution in [2.24, 2.45) is 0 Å². The normalized spacial score (nSPS) is 10.1. The molecule has 1 aromatic rings. The van der Waals surface area contributed by atoms with Crippen molar-refractivity contribution in [3.63, 3.8) is 0 Å². The van der Waals surface area contributed by atoms with E-state index in [1.165, 1.54) is 0 Å². The molecule has 1 rings (SSSR count). The zero-order chi connectivity index (χ0) is 16.4. The van der Waals surface area contributed by atoms with Gasteiger partial charge in [0.2, 0.25) is 5.91 Å². The maximum atomic E-state index is 12.1. The highest BCUT2D eigenvalue weighted by molar-refractivity contribution is 5.97. The summed E-state index contributed by atoms with van der Waals surface area (Å²) in [5.41, 5.74) is 1.12. The van der Waals surface area contributed by atoms with Crippen molar-refractivity contribution in [3.05, 3.63) is 55.1 Å². The van der Waals surface area contributed by atoms with Gasteiger partial charge >= 0.3 is 0 Å². The van der Waals surface area contributed by atoms with E-state index in [2.05, 4.69) is 23.8 Å². The molecule has 0 aromatic heterocycles. The van der Waals surface area contributed by atoms with E-state index in [-0.39, 0.29) is 18.4 Å². The summed E-state index contributed by atoms with van der Waals surface area (Å²) in [6.07, 6.45) is 3.49. The fourth-order valence-electron chi connectivity index (χ4n) is 1.97. The van der Waals surface area contributed by atoms with Crippen LogP contribution >= 0.6 is 0 Å². The highest BCUT2D eigenvalue weighted by Gasteiger charge is 2.10. The van der Waals surface area contributed by atoms with Crippen LogP contribution in [-0.4, -0.2) is 42.9 Å². The van der Waals surface area contributed by atoms with Crippen LogP contribution in [0.25, 0.3) is 0 Å². The van der Waals surface area contributed by atoms with Gasteiger partial charge in [-0.3, -0.25) is 14.5 Å². The highest BCUT2D eigenvalue weighted by atomic mass is 16.2. The predicted molar refractivity (Wildman–Crippen MR) is 89.9 cm³/mol. The Kier molecular flexibility index (Phi) is 7.64. The van der Waals surface area contributed by atoms with Crippen LogP contribution in [0.4, 0.5) is 5.69 Å². The molecule has 0 bridgehead atoms. The molecule has 118 valence electrons. The third-order valence-corrected chi connectivity index (χ3v) is 2.89. The first-order chi connectivity index (χ1) is 10.6. The van der Waals surface area contributed by atoms with Gasteiger partial charge in [-0.1, -0.05) is 18.2 Å². The molecule has 0 aliphatic carbocycles. The number of hydrogen-bond donors (Lipinski definition) is 2. The second-order valence-electron chi connectivity index (χ2n) is 4.76. The Labute approximate surface area is 131 Å². The molecule has 2 N–H and O–H groups in total. The van der Waals surface area contributed by atoms with Crippen LogP contribution in [0.3, 0.4) is 0 Å². The monoisotopic (exact) mass is 301 g/mol. The molecule has 0 radical (unpaired) electrons. The van der Waals surface area contributed by atoms with Gasteiger partial charge in [0.1, 0.15) is 0 Å². The van der Waals surface area contributed by atoms with Crippen LogP contribution < -0.4 is 10.6 Å². The minimum Gasteiger partial charge on any atom is -0.352 e. The maximum Gasteiger partial charge on any atom is 0.251 e. The van der Waals surface area contributed by atoms with E-state index in [9.17, 15) is 9.59 Å². The third kappa shape index (κ3) is 5.93. The predicted octanol–water partition coefficient (Wildman–Crippen LogP) is 2.05. The first-order valence-corrected chi connectivity index (χ1v) is 7.23. The molecular weight excluding hydrogens is 278 g/mol. The molecule has 0 heterocycles. The Morgan fingerprint density at radius 3 is 2.50 bits per heavy atom. The standard InChI is InChI=1S/C17H23N3O2/c1-4-10-20(11-5-2)13-16(21)19-15-9-7-8-14(12-15)17(22)18-6-3/h4-5,7-9,12H,1-2,6,10-11,13H2,3H3,(H,18,22)(H,19,21). The van der Waals surface area contributed by atoms with Crippen molar-refractivity contribution >= 4 is 17.5 Å². The number of amides is 2. The summed E-state index contributed by atoms with van der Waals surface area (Å²) >= 11 is 0. The largest absolute Gasteiger partial charge is 0.352 e. The van der Waals surface area contributed by atoms with Gasteiger partial charge in [-0.25, -0.2) is 0 Å². The first-order valence-electron chi connectivity index (χ1n) is 7.23. The molecule has 1 aromatic carbocycles. The quantitative estimate of drug-likeness (QED) is 0.686. The molecule has 5 nitrogen and oxygen atoms in total. The molecule has 0 spiro atoms. The van der Waals surface area contributed by atoms with Gasteiger partial charge in [0.25, 0.3) is 5.91 Å². The minimum atomic E-state index is -0.154. The summed E-state index contributed by atoms with van der Waals surface area (Å²) < 4.78 is 0. The number of carbonyl (C=O) groups is 2. The van der Waals surface area contributed by atoms with E-state index in [1.54, 1.807) is 36.4 Å². The summed E-state index contributed by atoms with van der Waals surface area (Å²) in [4.78, 5) is 25.7. The van der Waals surface area contributed by atoms with E-state index in [1.807, 2.05) is 11.8 Å². The van der Waals surface area contributed by atoms with Gasteiger partial charge in [-0.05, 0) is 25.1 Å². The molecule has 22 heavy (non-hydrogen) atoms. The number of benzene rings is 1. The van der Waals surface area contributed by atoms with Crippen molar-refractivity contribution < 1.29 is 9.59 Å². The molecule has 2 amide bonds. The van der Waals surface area contributed by atoms with Gasteiger partial charge in [-0.2, -0.15) is 0 Å². The third-order valence-electron chi connectivity index (χ3n) is 2.89. The van der Waals surface area contributed by atoms with Crippen molar-refractivity contribution in [2.45, 2.75) is 6.92 Å². The number of rotatable bonds is 9. The number of hydrogen-bond acceptors (Lipinski definition) is 3. The van der Waals surface area contributed by atoms with Crippen molar-refractivity contribution in [1.29, 1.82) is 0 Å². The van der Waals surface area contributed by atoms with E-state index in [4.69, 9.17) is 0 Å². The van der Waals surface area contributed by atoms with Gasteiger partial charge in [0.15, 0.2) is 0 Å². The van der Waals surface area contributed by atoms with Gasteiger partial charge < -0.3 is 10.6 Å². The van der Waals surface area contributed by atoms with E-state index >= 15 is 0 Å². The van der Waals surface area contributed by atoms with Crippen LogP contribution in [0.1, 0.15) is 17.3 Å². The molecule has 0 saturated carbocycles. The average molecular weight is 301 g/mol. The Morgan fingerprint density at radius 2 is 1.91 bits per heavy atom. The van der Waals surface area contributed by atoms with E-state index < -0.39 is 0 Å². The Bertz CT molecular complexity index is 530. The Balaban J connectivity index is 2.67. The van der Waals surface area contributed by atoms with E-state index in [0.29, 0.717) is 30.9 Å². The second kappa shape index (κ2) is 9.52. The number of nitrogens with one attached hydrogen (secondary N) is 2. The summed E-state index contributed by atoms with van der Waals surface area (Å²) in [5.74, 6) is -0.296. The lowest BCUT2D eigenvalue weighted by atomic mass is 10.2. The van der Waals surface area contributed by atoms with Crippen LogP contribution in [0.5, 0.6) is 0 Å². The maximum absolute atomic E-state index is 12.1. The van der Waals surface area contributed by atoms with Crippen LogP contribution in [0.2, 0.25) is 0 Å². The van der Waals surface area contributed by atoms with Gasteiger partial charge in [0.05, 0.1) is 6.54 Å². The number of carbonyl (C=O) groups excluding carboxylic acids is 2. The summed E-state index contributed by atoms with van der Waals surface area (Å²) in [6.45, 7) is 11.2. The molecule has 0 unspecified atom stereocenters. The zero-order valence-corrected chi connectivity index (χ0v) is 13.0. The Morgan fingerprint density at radius 1 is 1.23 bits per heavy atom. The van der Waals surface area contributed by atoms with Crippen molar-refractivity contribution in [2.75, 3.05) is 31.5 Å². The van der Waals surface area contributed by atoms with Crippen molar-refractivity contribution in [1.82, 2.24) is 10.2 Å². The lowest BCUT2D eigenvalue weighted by Crippen LogP contribution is -2.33. The zero-order valence-electron chi connectivity index (χ0n) is 13.0. The summed E-state index contributed by atoms with van der Waals surface area (Å²) in [7, 11) is 0. The molecule has 5 heteroatoms. The smallest absolute Gasteiger partial charge is 0.251 e. The van der Waals surface area contributed by atoms with E-state index in [0.717, 1.165) is 0 Å². The fraction of sp³-hybridized carbons (Fsp3) is 0.294. The topological polar surface area (TPSA) is 61.4 Å². The van der Waals surface area contributed by atoms with Crippen molar-refractivity contribution in [3.8, 4) is 0 Å². The molecule has 0 saturated heterocycles. The summed E-state index contributed by atoms with van der Waals surface area (Å²) in [6, 6.07) is 6.87. The number of anilines is 1. The van der Waals surface area contributed by atoms with Crippen LogP contribution in [0, 0.1) is 0 Å². The van der Waals surface area contributed by atoms with Gasteiger partial charge in [0, 0.05) is 30.9 Å². The fourth-order valence-corrected chi connectivity index (χ4v) is 1.97. The molecule has 0 aliphatic heterocycles. The van der Waals surface area contributed by atoms with Crippen LogP contribution in [-0.2, 0) is 4.79 Å². The lowest BCUT2D eigenvalue weighted by Gasteiger charge is -2.18. The first kappa shape index (κ1) is 17.7. The highest BCUT2D eigenvalue weighted by Crippen LogP contribution is 2.10. The van der Waals surface area contributed by atoms with Crippen LogP contribution in [0.15, 0.2) is 49.6 Å². The number of nitrogens with zero attached hydrogens (tertiary/aromatic N) is 1. The average Bonchev–Trinajstić information content (AvgIpc) is 2.48. The molecule has 0 aliphatic rings. The molecular formula is C17H23N3O2. The second-order valence-corrected chi connectivity index (χ2v) is 4.76. The lowest BCUT2D eigenvalue weighted by molar-refractivity contribution is -0.117. The minimum absolute atomic E-state index is 0.142. The SMILES string of the molecule is C=CCN(CC=C)CC(=O)Nc1cccc(C(=O)NCC)c1.